The van der Waals surface area contributed by atoms with Gasteiger partial charge in [0.2, 0.25) is 0 Å². The molecule has 1 amide bonds. The molecule has 0 spiro atoms. The lowest BCUT2D eigenvalue weighted by molar-refractivity contribution is 0.0956. The molecule has 4 nitrogen and oxygen atoms in total. The summed E-state index contributed by atoms with van der Waals surface area (Å²) in [6.07, 6.45) is 0.615. The van der Waals surface area contributed by atoms with Gasteiger partial charge in [-0.1, -0.05) is 47.5 Å². The molecule has 3 rings (SSSR count). The third-order valence-electron chi connectivity index (χ3n) is 3.66. The number of nitrogens with one attached hydrogen (secondary N) is 2. The molecule has 3 aromatic rings. The molecule has 1 heterocycles. The van der Waals surface area contributed by atoms with E-state index in [1.165, 1.54) is 0 Å². The fraction of sp³-hybridized carbons (Fsp3) is 0.118. The molecule has 0 aliphatic rings. The standard InChI is InChI=1S/C17H15Cl2N3O/c18-11-6-5-10(13(19)9-11)7-8-21-17(23)15-12-3-1-2-4-14(12)22-16(15)20/h1-6,9,22H,7-8,20H2,(H,21,23). The quantitative estimate of drug-likeness (QED) is 0.666. The number of rotatable bonds is 4. The van der Waals surface area contributed by atoms with Crippen molar-refractivity contribution in [2.75, 3.05) is 12.3 Å². The van der Waals surface area contributed by atoms with Crippen molar-refractivity contribution < 1.29 is 4.79 Å². The van der Waals surface area contributed by atoms with Crippen LogP contribution in [0.2, 0.25) is 10.0 Å². The summed E-state index contributed by atoms with van der Waals surface area (Å²) in [6, 6.07) is 12.8. The van der Waals surface area contributed by atoms with Crippen molar-refractivity contribution in [2.24, 2.45) is 0 Å². The maximum Gasteiger partial charge on any atom is 0.255 e. The Labute approximate surface area is 143 Å². The van der Waals surface area contributed by atoms with Crippen molar-refractivity contribution in [1.82, 2.24) is 10.3 Å². The van der Waals surface area contributed by atoms with Gasteiger partial charge in [-0.3, -0.25) is 4.79 Å². The molecule has 0 saturated carbocycles. The number of anilines is 1. The van der Waals surface area contributed by atoms with E-state index in [-0.39, 0.29) is 5.91 Å². The second-order valence-electron chi connectivity index (χ2n) is 5.20. The normalized spacial score (nSPS) is 10.9. The number of para-hydroxylation sites is 1. The molecule has 118 valence electrons. The van der Waals surface area contributed by atoms with Crippen LogP contribution >= 0.6 is 23.2 Å². The van der Waals surface area contributed by atoms with Crippen molar-refractivity contribution >= 4 is 45.8 Å². The summed E-state index contributed by atoms with van der Waals surface area (Å²) in [4.78, 5) is 15.4. The fourth-order valence-electron chi connectivity index (χ4n) is 2.53. The minimum absolute atomic E-state index is 0.204. The first-order valence-corrected chi connectivity index (χ1v) is 7.90. The smallest absolute Gasteiger partial charge is 0.255 e. The molecule has 0 radical (unpaired) electrons. The second-order valence-corrected chi connectivity index (χ2v) is 6.04. The zero-order valence-electron chi connectivity index (χ0n) is 12.2. The van der Waals surface area contributed by atoms with E-state index in [1.807, 2.05) is 30.3 Å². The summed E-state index contributed by atoms with van der Waals surface area (Å²) in [5.74, 6) is 0.165. The molecule has 0 unspecified atom stereocenters. The number of halogens is 2. The summed E-state index contributed by atoms with van der Waals surface area (Å²) >= 11 is 12.0. The van der Waals surface area contributed by atoms with Gasteiger partial charge in [0.05, 0.1) is 5.56 Å². The molecule has 4 N–H and O–H groups in total. The van der Waals surface area contributed by atoms with Crippen LogP contribution in [-0.4, -0.2) is 17.4 Å². The van der Waals surface area contributed by atoms with E-state index in [9.17, 15) is 4.79 Å². The predicted molar refractivity (Wildman–Crippen MR) is 95.2 cm³/mol. The van der Waals surface area contributed by atoms with Gasteiger partial charge < -0.3 is 16.0 Å². The first-order valence-electron chi connectivity index (χ1n) is 7.14. The number of hydrogen-bond donors (Lipinski definition) is 3. The number of benzene rings is 2. The average molecular weight is 348 g/mol. The van der Waals surface area contributed by atoms with Crippen LogP contribution in [0.1, 0.15) is 15.9 Å². The van der Waals surface area contributed by atoms with E-state index in [0.29, 0.717) is 34.4 Å². The molecule has 2 aromatic carbocycles. The van der Waals surface area contributed by atoms with Crippen LogP contribution in [0.15, 0.2) is 42.5 Å². The number of nitrogens with two attached hydrogens (primary N) is 1. The Balaban J connectivity index is 1.70. The predicted octanol–water partition coefficient (Wildman–Crippen LogP) is 4.03. The number of aromatic amines is 1. The van der Waals surface area contributed by atoms with E-state index < -0.39 is 0 Å². The van der Waals surface area contributed by atoms with Crippen LogP contribution in [0.4, 0.5) is 5.82 Å². The Morgan fingerprint density at radius 1 is 1.17 bits per heavy atom. The lowest BCUT2D eigenvalue weighted by Crippen LogP contribution is -2.26. The van der Waals surface area contributed by atoms with Gasteiger partial charge in [-0.15, -0.1) is 0 Å². The van der Waals surface area contributed by atoms with Gasteiger partial charge in [-0.05, 0) is 30.2 Å². The Morgan fingerprint density at radius 3 is 2.74 bits per heavy atom. The van der Waals surface area contributed by atoms with Gasteiger partial charge in [-0.25, -0.2) is 0 Å². The number of hydrogen-bond acceptors (Lipinski definition) is 2. The average Bonchev–Trinajstić information content (AvgIpc) is 2.85. The highest BCUT2D eigenvalue weighted by Crippen LogP contribution is 2.24. The summed E-state index contributed by atoms with van der Waals surface area (Å²) in [5.41, 5.74) is 8.18. The number of amides is 1. The zero-order chi connectivity index (χ0) is 16.4. The minimum atomic E-state index is -0.204. The maximum atomic E-state index is 12.4. The largest absolute Gasteiger partial charge is 0.385 e. The molecule has 6 heteroatoms. The first kappa shape index (κ1) is 15.7. The lowest BCUT2D eigenvalue weighted by Gasteiger charge is -2.07. The molecule has 0 saturated heterocycles. The molecule has 0 atom stereocenters. The Hall–Kier alpha value is -2.17. The summed E-state index contributed by atoms with van der Waals surface area (Å²) in [6.45, 7) is 0.457. The van der Waals surface area contributed by atoms with Crippen LogP contribution < -0.4 is 11.1 Å². The highest BCUT2D eigenvalue weighted by atomic mass is 35.5. The number of carbonyl (C=O) groups is 1. The van der Waals surface area contributed by atoms with Crippen molar-refractivity contribution in [3.63, 3.8) is 0 Å². The van der Waals surface area contributed by atoms with Crippen LogP contribution in [0.3, 0.4) is 0 Å². The van der Waals surface area contributed by atoms with Crippen molar-refractivity contribution in [1.29, 1.82) is 0 Å². The number of fused-ring (bicyclic) bond motifs is 1. The number of nitrogen functional groups attached to an aromatic ring is 1. The third kappa shape index (κ3) is 3.28. The molecule has 0 aliphatic heterocycles. The van der Waals surface area contributed by atoms with Crippen LogP contribution in [0, 0.1) is 0 Å². The van der Waals surface area contributed by atoms with E-state index in [2.05, 4.69) is 10.3 Å². The highest BCUT2D eigenvalue weighted by molar-refractivity contribution is 6.35. The topological polar surface area (TPSA) is 70.9 Å². The lowest BCUT2D eigenvalue weighted by atomic mass is 10.1. The van der Waals surface area contributed by atoms with Crippen LogP contribution in [0.25, 0.3) is 10.9 Å². The molecule has 0 bridgehead atoms. The monoisotopic (exact) mass is 347 g/mol. The van der Waals surface area contributed by atoms with Gasteiger partial charge in [-0.2, -0.15) is 0 Å². The van der Waals surface area contributed by atoms with Gasteiger partial charge in [0.15, 0.2) is 0 Å². The number of carbonyl (C=O) groups excluding carboxylic acids is 1. The first-order chi connectivity index (χ1) is 11.1. The molecule has 23 heavy (non-hydrogen) atoms. The summed E-state index contributed by atoms with van der Waals surface area (Å²) in [7, 11) is 0. The Morgan fingerprint density at radius 2 is 1.96 bits per heavy atom. The van der Waals surface area contributed by atoms with Crippen molar-refractivity contribution in [2.45, 2.75) is 6.42 Å². The minimum Gasteiger partial charge on any atom is -0.385 e. The van der Waals surface area contributed by atoms with Gasteiger partial charge in [0.25, 0.3) is 5.91 Å². The highest BCUT2D eigenvalue weighted by Gasteiger charge is 2.16. The number of aromatic nitrogens is 1. The third-order valence-corrected chi connectivity index (χ3v) is 4.24. The molecule has 0 aliphatic carbocycles. The SMILES string of the molecule is Nc1[nH]c2ccccc2c1C(=O)NCCc1ccc(Cl)cc1Cl. The maximum absolute atomic E-state index is 12.4. The summed E-state index contributed by atoms with van der Waals surface area (Å²) in [5, 5.41) is 4.88. The number of H-pyrrole nitrogens is 1. The second kappa shape index (κ2) is 6.52. The van der Waals surface area contributed by atoms with Crippen LogP contribution in [-0.2, 0) is 6.42 Å². The van der Waals surface area contributed by atoms with Gasteiger partial charge >= 0.3 is 0 Å². The zero-order valence-corrected chi connectivity index (χ0v) is 13.7. The molecular formula is C17H15Cl2N3O. The van der Waals surface area contributed by atoms with Gasteiger partial charge in [0.1, 0.15) is 5.82 Å². The molecular weight excluding hydrogens is 333 g/mol. The molecule has 1 aromatic heterocycles. The van der Waals surface area contributed by atoms with E-state index >= 15 is 0 Å². The van der Waals surface area contributed by atoms with Crippen molar-refractivity contribution in [3.8, 4) is 0 Å². The fourth-order valence-corrected chi connectivity index (χ4v) is 3.03. The van der Waals surface area contributed by atoms with Crippen molar-refractivity contribution in [3.05, 3.63) is 63.6 Å². The molecule has 0 fully saturated rings. The van der Waals surface area contributed by atoms with Gasteiger partial charge in [0, 0.05) is 27.5 Å². The van der Waals surface area contributed by atoms with Crippen LogP contribution in [0.5, 0.6) is 0 Å². The Bertz CT molecular complexity index is 873. The van der Waals surface area contributed by atoms with E-state index in [4.69, 9.17) is 28.9 Å². The van der Waals surface area contributed by atoms with E-state index in [1.54, 1.807) is 12.1 Å². The van der Waals surface area contributed by atoms with E-state index in [0.717, 1.165) is 16.5 Å². The Kier molecular flexibility index (Phi) is 4.46. The summed E-state index contributed by atoms with van der Waals surface area (Å²) < 4.78 is 0.